The lowest BCUT2D eigenvalue weighted by Gasteiger charge is -2.07. The molecule has 0 saturated carbocycles. The fraction of sp³-hybridized carbons (Fsp3) is 0.158. The summed E-state index contributed by atoms with van der Waals surface area (Å²) in [6, 6.07) is 17.4. The fourth-order valence-electron chi connectivity index (χ4n) is 2.46. The standard InChI is InChI=1S/C19H20N4O3S/c24-19(20-11-12-27(25,26)18-9-5-2-6-10-18)21-13-16-14-22-23(15-16)17-7-3-1-4-8-17/h1-10,14-15H,11-13H2,(H2,20,21,24). The van der Waals surface area contributed by atoms with Crippen molar-refractivity contribution in [2.75, 3.05) is 12.3 Å². The van der Waals surface area contributed by atoms with Crippen molar-refractivity contribution in [3.05, 3.63) is 78.6 Å². The Bertz CT molecular complexity index is 986. The number of sulfone groups is 1. The predicted molar refractivity (Wildman–Crippen MR) is 102 cm³/mol. The Labute approximate surface area is 157 Å². The van der Waals surface area contributed by atoms with Crippen LogP contribution in [-0.2, 0) is 16.4 Å². The minimum absolute atomic E-state index is 0.0341. The lowest BCUT2D eigenvalue weighted by atomic mass is 10.3. The molecule has 8 heteroatoms. The Morgan fingerprint density at radius 3 is 2.33 bits per heavy atom. The highest BCUT2D eigenvalue weighted by atomic mass is 32.2. The van der Waals surface area contributed by atoms with Gasteiger partial charge in [0.25, 0.3) is 0 Å². The molecule has 27 heavy (non-hydrogen) atoms. The molecular weight excluding hydrogens is 364 g/mol. The third-order valence-corrected chi connectivity index (χ3v) is 5.60. The van der Waals surface area contributed by atoms with Gasteiger partial charge in [0.05, 0.1) is 22.5 Å². The Morgan fingerprint density at radius 2 is 1.63 bits per heavy atom. The Morgan fingerprint density at radius 1 is 0.963 bits per heavy atom. The molecule has 0 unspecified atom stereocenters. The molecule has 2 N–H and O–H groups in total. The second-order valence-corrected chi connectivity index (χ2v) is 7.98. The minimum atomic E-state index is -3.41. The fourth-order valence-corrected chi connectivity index (χ4v) is 3.64. The van der Waals surface area contributed by atoms with Crippen LogP contribution in [0.15, 0.2) is 78.0 Å². The highest BCUT2D eigenvalue weighted by molar-refractivity contribution is 7.91. The van der Waals surface area contributed by atoms with Gasteiger partial charge < -0.3 is 10.6 Å². The van der Waals surface area contributed by atoms with Crippen LogP contribution in [0.1, 0.15) is 5.56 Å². The van der Waals surface area contributed by atoms with Crippen LogP contribution in [0.2, 0.25) is 0 Å². The molecule has 7 nitrogen and oxygen atoms in total. The molecule has 3 rings (SSSR count). The second-order valence-electron chi connectivity index (χ2n) is 5.87. The topological polar surface area (TPSA) is 93.1 Å². The number of amides is 2. The van der Waals surface area contributed by atoms with Gasteiger partial charge in [0.1, 0.15) is 0 Å². The molecular formula is C19H20N4O3S. The van der Waals surface area contributed by atoms with E-state index in [1.807, 2.05) is 36.5 Å². The lowest BCUT2D eigenvalue weighted by molar-refractivity contribution is 0.241. The number of carbonyl (C=O) groups is 1. The number of para-hydroxylation sites is 1. The van der Waals surface area contributed by atoms with Crippen LogP contribution >= 0.6 is 0 Å². The quantitative estimate of drug-likeness (QED) is 0.653. The van der Waals surface area contributed by atoms with Crippen molar-refractivity contribution in [3.8, 4) is 5.69 Å². The van der Waals surface area contributed by atoms with Crippen LogP contribution in [0.4, 0.5) is 4.79 Å². The molecule has 0 aliphatic heterocycles. The van der Waals surface area contributed by atoms with Crippen LogP contribution in [0.25, 0.3) is 5.69 Å². The SMILES string of the molecule is O=C(NCCS(=O)(=O)c1ccccc1)NCc1cnn(-c2ccccc2)c1. The maximum atomic E-state index is 12.1. The molecule has 0 aliphatic rings. The van der Waals surface area contributed by atoms with E-state index in [1.54, 1.807) is 41.2 Å². The minimum Gasteiger partial charge on any atom is -0.337 e. The average molecular weight is 384 g/mol. The van der Waals surface area contributed by atoms with E-state index in [1.165, 1.54) is 0 Å². The van der Waals surface area contributed by atoms with E-state index in [0.29, 0.717) is 6.54 Å². The largest absolute Gasteiger partial charge is 0.337 e. The van der Waals surface area contributed by atoms with Gasteiger partial charge in [-0.25, -0.2) is 17.9 Å². The van der Waals surface area contributed by atoms with E-state index in [2.05, 4.69) is 15.7 Å². The number of carbonyl (C=O) groups excluding carboxylic acids is 1. The summed E-state index contributed by atoms with van der Waals surface area (Å²) < 4.78 is 26.0. The zero-order valence-electron chi connectivity index (χ0n) is 14.6. The maximum absolute atomic E-state index is 12.1. The molecule has 2 aromatic carbocycles. The van der Waals surface area contributed by atoms with Crippen LogP contribution in [-0.4, -0.2) is 36.5 Å². The van der Waals surface area contributed by atoms with E-state index >= 15 is 0 Å². The van der Waals surface area contributed by atoms with Crippen LogP contribution in [0, 0.1) is 0 Å². The van der Waals surface area contributed by atoms with E-state index < -0.39 is 15.9 Å². The number of hydrogen-bond donors (Lipinski definition) is 2. The number of hydrogen-bond acceptors (Lipinski definition) is 4. The summed E-state index contributed by atoms with van der Waals surface area (Å²) in [4.78, 5) is 12.1. The molecule has 0 radical (unpaired) electrons. The molecule has 0 saturated heterocycles. The van der Waals surface area contributed by atoms with Gasteiger partial charge in [0, 0.05) is 24.8 Å². The molecule has 0 fully saturated rings. The third-order valence-electron chi connectivity index (χ3n) is 3.87. The summed E-state index contributed by atoms with van der Waals surface area (Å²) in [5.74, 6) is -0.156. The maximum Gasteiger partial charge on any atom is 0.315 e. The summed E-state index contributed by atoms with van der Waals surface area (Å²) in [5.41, 5.74) is 1.77. The molecule has 3 aromatic rings. The molecule has 0 spiro atoms. The van der Waals surface area contributed by atoms with Crippen molar-refractivity contribution in [2.24, 2.45) is 0 Å². The smallest absolute Gasteiger partial charge is 0.315 e. The van der Waals surface area contributed by atoms with Gasteiger partial charge in [0.15, 0.2) is 9.84 Å². The first-order valence-corrected chi connectivity index (χ1v) is 10.1. The molecule has 1 heterocycles. The number of rotatable bonds is 7. The molecule has 140 valence electrons. The van der Waals surface area contributed by atoms with Crippen molar-refractivity contribution >= 4 is 15.9 Å². The van der Waals surface area contributed by atoms with Crippen LogP contribution in [0.5, 0.6) is 0 Å². The second kappa shape index (κ2) is 8.50. The van der Waals surface area contributed by atoms with E-state index in [9.17, 15) is 13.2 Å². The van der Waals surface area contributed by atoms with Crippen LogP contribution in [0.3, 0.4) is 0 Å². The van der Waals surface area contributed by atoms with Crippen molar-refractivity contribution in [1.29, 1.82) is 0 Å². The zero-order valence-corrected chi connectivity index (χ0v) is 15.4. The highest BCUT2D eigenvalue weighted by Gasteiger charge is 2.14. The Kier molecular flexibility index (Phi) is 5.87. The van der Waals surface area contributed by atoms with Crippen molar-refractivity contribution in [3.63, 3.8) is 0 Å². The molecule has 0 aliphatic carbocycles. The lowest BCUT2D eigenvalue weighted by Crippen LogP contribution is -2.37. The van der Waals surface area contributed by atoms with Gasteiger partial charge in [0.2, 0.25) is 0 Å². The summed E-state index contributed by atoms with van der Waals surface area (Å²) in [6.45, 7) is 0.330. The number of benzene rings is 2. The Balaban J connectivity index is 1.45. The van der Waals surface area contributed by atoms with Gasteiger partial charge in [-0.2, -0.15) is 5.10 Å². The molecule has 0 atom stereocenters. The normalized spacial score (nSPS) is 11.1. The van der Waals surface area contributed by atoms with Gasteiger partial charge >= 0.3 is 6.03 Å². The van der Waals surface area contributed by atoms with Gasteiger partial charge in [-0.3, -0.25) is 0 Å². The third kappa shape index (κ3) is 5.18. The zero-order chi connectivity index (χ0) is 19.1. The summed E-state index contributed by atoms with van der Waals surface area (Å²) >= 11 is 0. The van der Waals surface area contributed by atoms with Crippen molar-refractivity contribution < 1.29 is 13.2 Å². The number of urea groups is 1. The number of nitrogens with one attached hydrogen (secondary N) is 2. The monoisotopic (exact) mass is 384 g/mol. The first kappa shape index (κ1) is 18.7. The highest BCUT2D eigenvalue weighted by Crippen LogP contribution is 2.09. The predicted octanol–water partition coefficient (Wildman–Crippen LogP) is 2.15. The number of nitrogens with zero attached hydrogens (tertiary/aromatic N) is 2. The summed E-state index contributed by atoms with van der Waals surface area (Å²) in [6.07, 6.45) is 3.50. The summed E-state index contributed by atoms with van der Waals surface area (Å²) in [7, 11) is -3.41. The van der Waals surface area contributed by atoms with E-state index in [4.69, 9.17) is 0 Å². The van der Waals surface area contributed by atoms with Crippen molar-refractivity contribution in [1.82, 2.24) is 20.4 Å². The van der Waals surface area contributed by atoms with Gasteiger partial charge in [-0.1, -0.05) is 36.4 Å². The first-order valence-electron chi connectivity index (χ1n) is 8.43. The number of aromatic nitrogens is 2. The van der Waals surface area contributed by atoms with E-state index in [0.717, 1.165) is 11.3 Å². The summed E-state index contributed by atoms with van der Waals surface area (Å²) in [5, 5.41) is 9.51. The van der Waals surface area contributed by atoms with Gasteiger partial charge in [-0.05, 0) is 24.3 Å². The average Bonchev–Trinajstić information content (AvgIpc) is 3.17. The first-order chi connectivity index (χ1) is 13.0. The van der Waals surface area contributed by atoms with Crippen LogP contribution < -0.4 is 10.6 Å². The molecule has 2 amide bonds. The van der Waals surface area contributed by atoms with E-state index in [-0.39, 0.29) is 17.2 Å². The molecule has 1 aromatic heterocycles. The molecule has 0 bridgehead atoms. The Hall–Kier alpha value is -3.13. The van der Waals surface area contributed by atoms with Crippen molar-refractivity contribution in [2.45, 2.75) is 11.4 Å². The van der Waals surface area contributed by atoms with Gasteiger partial charge in [-0.15, -0.1) is 0 Å².